The van der Waals surface area contributed by atoms with Gasteiger partial charge in [0.1, 0.15) is 0 Å². The molecule has 0 saturated carbocycles. The van der Waals surface area contributed by atoms with Gasteiger partial charge < -0.3 is 0 Å². The van der Waals surface area contributed by atoms with Crippen LogP contribution in [0.1, 0.15) is 15.9 Å². The Bertz CT molecular complexity index is 747. The summed E-state index contributed by atoms with van der Waals surface area (Å²) in [6.45, 7) is 0. The fourth-order valence-corrected chi connectivity index (χ4v) is 2.04. The predicted octanol–water partition coefficient (Wildman–Crippen LogP) is 3.16. The maximum absolute atomic E-state index is 12.6. The predicted molar refractivity (Wildman–Crippen MR) is 81.4 cm³/mol. The third-order valence-corrected chi connectivity index (χ3v) is 3.06. The van der Waals surface area contributed by atoms with Gasteiger partial charge in [-0.3, -0.25) is 4.79 Å². The zero-order chi connectivity index (χ0) is 14.5. The molecule has 0 aliphatic heterocycles. The molecule has 0 spiro atoms. The molecule has 1 heterocycles. The van der Waals surface area contributed by atoms with Crippen LogP contribution in [0.5, 0.6) is 0 Å². The molecule has 102 valence electrons. The molecule has 0 aliphatic rings. The molecule has 0 aliphatic carbocycles. The topological polar surface area (TPSA) is 47.8 Å². The number of allylic oxidation sites excluding steroid dienone is 1. The van der Waals surface area contributed by atoms with Gasteiger partial charge in [-0.15, -0.1) is 5.10 Å². The van der Waals surface area contributed by atoms with Gasteiger partial charge in [-0.2, -0.15) is 4.68 Å². The van der Waals surface area contributed by atoms with Crippen LogP contribution in [0.25, 0.3) is 11.6 Å². The highest BCUT2D eigenvalue weighted by molar-refractivity contribution is 6.24. The normalized spacial score (nSPS) is 11.3. The molecule has 0 N–H and O–H groups in total. The standard InChI is InChI=1S/C17H13N3O/c21-17(20-12-11-18-19-20)16(15-9-5-2-6-10-15)13-14-7-3-1-4-8-14/h1-13H/b16-13+. The van der Waals surface area contributed by atoms with Crippen molar-refractivity contribution in [3.05, 3.63) is 84.2 Å². The number of aromatic nitrogens is 3. The van der Waals surface area contributed by atoms with Crippen LogP contribution in [0.2, 0.25) is 0 Å². The second kappa shape index (κ2) is 5.96. The highest BCUT2D eigenvalue weighted by atomic mass is 16.2. The lowest BCUT2D eigenvalue weighted by Crippen LogP contribution is -2.13. The van der Waals surface area contributed by atoms with Crippen LogP contribution in [0.15, 0.2) is 73.1 Å². The van der Waals surface area contributed by atoms with Crippen molar-refractivity contribution in [3.63, 3.8) is 0 Å². The van der Waals surface area contributed by atoms with Crippen molar-refractivity contribution < 1.29 is 4.79 Å². The Morgan fingerprint density at radius 3 is 2.24 bits per heavy atom. The molecule has 3 rings (SSSR count). The van der Waals surface area contributed by atoms with Gasteiger partial charge in [0.05, 0.1) is 12.4 Å². The average molecular weight is 275 g/mol. The molecular weight excluding hydrogens is 262 g/mol. The van der Waals surface area contributed by atoms with Gasteiger partial charge in [-0.1, -0.05) is 65.9 Å². The summed E-state index contributed by atoms with van der Waals surface area (Å²) in [5.41, 5.74) is 2.39. The lowest BCUT2D eigenvalue weighted by Gasteiger charge is -2.06. The number of nitrogens with zero attached hydrogens (tertiary/aromatic N) is 3. The Morgan fingerprint density at radius 1 is 0.952 bits per heavy atom. The van der Waals surface area contributed by atoms with E-state index in [1.54, 1.807) is 6.20 Å². The maximum atomic E-state index is 12.6. The van der Waals surface area contributed by atoms with E-state index in [0.717, 1.165) is 11.1 Å². The molecule has 0 bridgehead atoms. The Balaban J connectivity index is 2.08. The first-order valence-corrected chi connectivity index (χ1v) is 6.58. The highest BCUT2D eigenvalue weighted by Crippen LogP contribution is 2.19. The molecule has 0 saturated heterocycles. The first kappa shape index (κ1) is 13.0. The van der Waals surface area contributed by atoms with Crippen LogP contribution in [0.3, 0.4) is 0 Å². The molecule has 0 atom stereocenters. The number of benzene rings is 2. The summed E-state index contributed by atoms with van der Waals surface area (Å²) in [6, 6.07) is 19.3. The van der Waals surface area contributed by atoms with Crippen LogP contribution < -0.4 is 0 Å². The maximum Gasteiger partial charge on any atom is 0.280 e. The number of carbonyl (C=O) groups is 1. The lowest BCUT2D eigenvalue weighted by molar-refractivity contribution is 0.0963. The zero-order valence-corrected chi connectivity index (χ0v) is 11.3. The van der Waals surface area contributed by atoms with E-state index in [2.05, 4.69) is 10.3 Å². The largest absolute Gasteiger partial charge is 0.280 e. The van der Waals surface area contributed by atoms with E-state index >= 15 is 0 Å². The number of hydrogen-bond donors (Lipinski definition) is 0. The first-order valence-electron chi connectivity index (χ1n) is 6.58. The molecule has 0 fully saturated rings. The molecule has 0 amide bonds. The molecule has 3 aromatic rings. The molecule has 2 aromatic carbocycles. The van der Waals surface area contributed by atoms with E-state index in [1.165, 1.54) is 10.9 Å². The van der Waals surface area contributed by atoms with Crippen molar-refractivity contribution in [2.75, 3.05) is 0 Å². The fraction of sp³-hybridized carbons (Fsp3) is 0. The minimum Gasteiger partial charge on any atom is -0.267 e. The molecular formula is C17H13N3O. The Labute approximate surface area is 122 Å². The third kappa shape index (κ3) is 2.95. The summed E-state index contributed by atoms with van der Waals surface area (Å²) in [5.74, 6) is -0.206. The molecule has 4 heteroatoms. The van der Waals surface area contributed by atoms with Crippen LogP contribution in [0, 0.1) is 0 Å². The van der Waals surface area contributed by atoms with E-state index in [-0.39, 0.29) is 5.91 Å². The average Bonchev–Trinajstić information content (AvgIpc) is 3.08. The molecule has 1 aromatic heterocycles. The number of carbonyl (C=O) groups excluding carboxylic acids is 1. The van der Waals surface area contributed by atoms with Gasteiger partial charge in [0, 0.05) is 5.57 Å². The van der Waals surface area contributed by atoms with Crippen LogP contribution in [0.4, 0.5) is 0 Å². The molecule has 0 radical (unpaired) electrons. The van der Waals surface area contributed by atoms with E-state index in [9.17, 15) is 4.79 Å². The molecule has 21 heavy (non-hydrogen) atoms. The summed E-state index contributed by atoms with van der Waals surface area (Å²) >= 11 is 0. The van der Waals surface area contributed by atoms with Crippen molar-refractivity contribution in [1.82, 2.24) is 15.0 Å². The number of hydrogen-bond acceptors (Lipinski definition) is 3. The number of rotatable bonds is 3. The summed E-state index contributed by atoms with van der Waals surface area (Å²) < 4.78 is 1.24. The van der Waals surface area contributed by atoms with Gasteiger partial charge in [-0.05, 0) is 17.2 Å². The summed E-state index contributed by atoms with van der Waals surface area (Å²) in [6.07, 6.45) is 4.90. The minimum absolute atomic E-state index is 0.206. The first-order chi connectivity index (χ1) is 10.3. The Hall–Kier alpha value is -3.01. The highest BCUT2D eigenvalue weighted by Gasteiger charge is 2.14. The zero-order valence-electron chi connectivity index (χ0n) is 11.3. The summed E-state index contributed by atoms with van der Waals surface area (Å²) in [7, 11) is 0. The third-order valence-electron chi connectivity index (χ3n) is 3.06. The van der Waals surface area contributed by atoms with Crippen molar-refractivity contribution in [3.8, 4) is 0 Å². The van der Waals surface area contributed by atoms with Gasteiger partial charge in [0.25, 0.3) is 5.91 Å². The van der Waals surface area contributed by atoms with Gasteiger partial charge in [-0.25, -0.2) is 0 Å². The van der Waals surface area contributed by atoms with Gasteiger partial charge in [0.2, 0.25) is 0 Å². The van der Waals surface area contributed by atoms with Crippen molar-refractivity contribution in [2.24, 2.45) is 0 Å². The second-order valence-electron chi connectivity index (χ2n) is 4.49. The van der Waals surface area contributed by atoms with Crippen LogP contribution >= 0.6 is 0 Å². The van der Waals surface area contributed by atoms with Gasteiger partial charge >= 0.3 is 0 Å². The van der Waals surface area contributed by atoms with E-state index in [4.69, 9.17) is 0 Å². The SMILES string of the molecule is O=C(/C(=C/c1ccccc1)c1ccccc1)n1ccnn1. The Kier molecular flexibility index (Phi) is 3.69. The van der Waals surface area contributed by atoms with Crippen molar-refractivity contribution in [1.29, 1.82) is 0 Å². The van der Waals surface area contributed by atoms with Crippen LogP contribution in [-0.2, 0) is 0 Å². The second-order valence-corrected chi connectivity index (χ2v) is 4.49. The lowest BCUT2D eigenvalue weighted by atomic mass is 10.0. The summed E-state index contributed by atoms with van der Waals surface area (Å²) in [5, 5.41) is 7.47. The van der Waals surface area contributed by atoms with E-state index in [0.29, 0.717) is 5.57 Å². The van der Waals surface area contributed by atoms with Gasteiger partial charge in [0.15, 0.2) is 0 Å². The molecule has 0 unspecified atom stereocenters. The van der Waals surface area contributed by atoms with E-state index in [1.807, 2.05) is 66.7 Å². The smallest absolute Gasteiger partial charge is 0.267 e. The Morgan fingerprint density at radius 2 is 1.62 bits per heavy atom. The minimum atomic E-state index is -0.206. The summed E-state index contributed by atoms with van der Waals surface area (Å²) in [4.78, 5) is 12.6. The molecule has 4 nitrogen and oxygen atoms in total. The van der Waals surface area contributed by atoms with Crippen LogP contribution in [-0.4, -0.2) is 20.9 Å². The van der Waals surface area contributed by atoms with Crippen molar-refractivity contribution >= 4 is 17.6 Å². The van der Waals surface area contributed by atoms with Crippen molar-refractivity contribution in [2.45, 2.75) is 0 Å². The fourth-order valence-electron chi connectivity index (χ4n) is 2.04. The van der Waals surface area contributed by atoms with E-state index < -0.39 is 0 Å². The quantitative estimate of drug-likeness (QED) is 0.545. The monoisotopic (exact) mass is 275 g/mol.